The van der Waals surface area contributed by atoms with Gasteiger partial charge in [0.1, 0.15) is 16.2 Å². The lowest BCUT2D eigenvalue weighted by Crippen LogP contribution is -1.93. The van der Waals surface area contributed by atoms with E-state index in [2.05, 4.69) is 41.8 Å². The van der Waals surface area contributed by atoms with Crippen LogP contribution in [0.2, 0.25) is 0 Å². The van der Waals surface area contributed by atoms with Crippen LogP contribution in [0.1, 0.15) is 5.82 Å². The van der Waals surface area contributed by atoms with Crippen molar-refractivity contribution in [3.05, 3.63) is 45.2 Å². The van der Waals surface area contributed by atoms with Gasteiger partial charge >= 0.3 is 0 Å². The molecule has 1 heterocycles. The predicted octanol–water partition coefficient (Wildman–Crippen LogP) is 4.10. The lowest BCUT2D eigenvalue weighted by molar-refractivity contribution is 0.459. The smallest absolute Gasteiger partial charge is 0.223 e. The Kier molecular flexibility index (Phi) is 3.56. The second kappa shape index (κ2) is 4.93. The Bertz CT molecular complexity index is 497. The fourth-order valence-corrected chi connectivity index (χ4v) is 2.04. The summed E-state index contributed by atoms with van der Waals surface area (Å²) in [5.41, 5.74) is 0. The third-order valence-electron chi connectivity index (χ3n) is 1.80. The summed E-state index contributed by atoms with van der Waals surface area (Å²) in [6.45, 7) is 1.82. The maximum absolute atomic E-state index is 5.61. The number of benzene rings is 1. The van der Waals surface area contributed by atoms with Crippen molar-refractivity contribution in [3.8, 4) is 11.6 Å². The molecule has 3 nitrogen and oxygen atoms in total. The summed E-state index contributed by atoms with van der Waals surface area (Å²) < 4.78 is 7.29. The third-order valence-corrected chi connectivity index (χ3v) is 2.70. The normalized spacial score (nSPS) is 10.2. The number of aromatic nitrogens is 2. The highest BCUT2D eigenvalue weighted by Crippen LogP contribution is 2.24. The van der Waals surface area contributed by atoms with E-state index < -0.39 is 0 Å². The van der Waals surface area contributed by atoms with Crippen LogP contribution in [0, 0.1) is 6.92 Å². The van der Waals surface area contributed by atoms with E-state index in [0.29, 0.717) is 16.3 Å². The van der Waals surface area contributed by atoms with Crippen molar-refractivity contribution >= 4 is 31.9 Å². The first-order chi connectivity index (χ1) is 7.63. The molecule has 0 amide bonds. The molecule has 0 unspecified atom stereocenters. The van der Waals surface area contributed by atoms with Crippen molar-refractivity contribution in [2.45, 2.75) is 6.92 Å². The largest absolute Gasteiger partial charge is 0.439 e. The van der Waals surface area contributed by atoms with Gasteiger partial charge < -0.3 is 4.74 Å². The Morgan fingerprint density at radius 3 is 2.62 bits per heavy atom. The fraction of sp³-hybridized carbons (Fsp3) is 0.0909. The number of ether oxygens (including phenoxy) is 1. The number of halogens is 2. The summed E-state index contributed by atoms with van der Waals surface area (Å²) in [7, 11) is 0. The van der Waals surface area contributed by atoms with Gasteiger partial charge in [-0.25, -0.2) is 4.98 Å². The summed E-state index contributed by atoms with van der Waals surface area (Å²) >= 11 is 6.68. The summed E-state index contributed by atoms with van der Waals surface area (Å²) in [5.74, 6) is 1.93. The van der Waals surface area contributed by atoms with Crippen LogP contribution in [0.5, 0.6) is 11.6 Å². The molecule has 0 aliphatic heterocycles. The van der Waals surface area contributed by atoms with E-state index in [1.54, 1.807) is 6.07 Å². The summed E-state index contributed by atoms with van der Waals surface area (Å²) in [6.07, 6.45) is 0. The van der Waals surface area contributed by atoms with Crippen molar-refractivity contribution in [2.24, 2.45) is 0 Å². The quantitative estimate of drug-likeness (QED) is 0.770. The topological polar surface area (TPSA) is 35.0 Å². The van der Waals surface area contributed by atoms with Gasteiger partial charge in [-0.05, 0) is 41.1 Å². The second-order valence-electron chi connectivity index (χ2n) is 3.14. The average Bonchev–Trinajstić information content (AvgIpc) is 2.15. The lowest BCUT2D eigenvalue weighted by atomic mass is 10.3. The zero-order valence-corrected chi connectivity index (χ0v) is 11.6. The molecule has 0 saturated carbocycles. The molecule has 16 heavy (non-hydrogen) atoms. The standard InChI is InChI=1S/C11H8Br2N2O/c1-7-14-10(13)6-11(15-7)16-9-4-2-3-8(12)5-9/h2-6H,1H3. The molecule has 5 heteroatoms. The fourth-order valence-electron chi connectivity index (χ4n) is 1.21. The molecule has 0 atom stereocenters. The Morgan fingerprint density at radius 2 is 1.94 bits per heavy atom. The molecule has 2 rings (SSSR count). The number of nitrogens with zero attached hydrogens (tertiary/aromatic N) is 2. The first-order valence-corrected chi connectivity index (χ1v) is 6.17. The highest BCUT2D eigenvalue weighted by atomic mass is 79.9. The van der Waals surface area contributed by atoms with Crippen LogP contribution in [0.25, 0.3) is 0 Å². The molecule has 0 aliphatic carbocycles. The van der Waals surface area contributed by atoms with Crippen LogP contribution < -0.4 is 4.74 Å². The molecule has 1 aromatic carbocycles. The second-order valence-corrected chi connectivity index (χ2v) is 4.86. The molecule has 0 fully saturated rings. The van der Waals surface area contributed by atoms with Crippen molar-refractivity contribution in [1.29, 1.82) is 0 Å². The van der Waals surface area contributed by atoms with Crippen molar-refractivity contribution in [2.75, 3.05) is 0 Å². The van der Waals surface area contributed by atoms with Gasteiger partial charge in [-0.15, -0.1) is 0 Å². The maximum Gasteiger partial charge on any atom is 0.223 e. The van der Waals surface area contributed by atoms with E-state index in [4.69, 9.17) is 4.74 Å². The van der Waals surface area contributed by atoms with Crippen LogP contribution in [0.15, 0.2) is 39.4 Å². The lowest BCUT2D eigenvalue weighted by Gasteiger charge is -2.05. The molecule has 82 valence electrons. The Hall–Kier alpha value is -0.940. The van der Waals surface area contributed by atoms with Gasteiger partial charge in [0, 0.05) is 10.5 Å². The third kappa shape index (κ3) is 3.02. The first kappa shape index (κ1) is 11.5. The monoisotopic (exact) mass is 342 g/mol. The van der Waals surface area contributed by atoms with Gasteiger partial charge in [0.25, 0.3) is 0 Å². The van der Waals surface area contributed by atoms with Gasteiger partial charge in [0.15, 0.2) is 0 Å². The summed E-state index contributed by atoms with van der Waals surface area (Å²) in [6, 6.07) is 9.33. The highest BCUT2D eigenvalue weighted by Gasteiger charge is 2.02. The molecule has 0 bridgehead atoms. The molecule has 1 aromatic heterocycles. The maximum atomic E-state index is 5.61. The van der Waals surface area contributed by atoms with Crippen molar-refractivity contribution in [1.82, 2.24) is 9.97 Å². The van der Waals surface area contributed by atoms with E-state index in [1.807, 2.05) is 31.2 Å². The van der Waals surface area contributed by atoms with Gasteiger partial charge in [-0.2, -0.15) is 4.98 Å². The van der Waals surface area contributed by atoms with Crippen molar-refractivity contribution in [3.63, 3.8) is 0 Å². The van der Waals surface area contributed by atoms with Crippen LogP contribution in [0.3, 0.4) is 0 Å². The van der Waals surface area contributed by atoms with E-state index in [-0.39, 0.29) is 0 Å². The average molecular weight is 344 g/mol. The Balaban J connectivity index is 2.27. The molecule has 0 N–H and O–H groups in total. The number of rotatable bonds is 2. The van der Waals surface area contributed by atoms with E-state index in [1.165, 1.54) is 0 Å². The van der Waals surface area contributed by atoms with Crippen LogP contribution in [0.4, 0.5) is 0 Å². The predicted molar refractivity (Wildman–Crippen MR) is 68.7 cm³/mol. The first-order valence-electron chi connectivity index (χ1n) is 4.58. The number of hydrogen-bond acceptors (Lipinski definition) is 3. The highest BCUT2D eigenvalue weighted by molar-refractivity contribution is 9.10. The zero-order chi connectivity index (χ0) is 11.5. The van der Waals surface area contributed by atoms with Crippen LogP contribution in [-0.2, 0) is 0 Å². The van der Waals surface area contributed by atoms with Gasteiger partial charge in [-0.3, -0.25) is 0 Å². The minimum atomic E-state index is 0.525. The summed E-state index contributed by atoms with van der Waals surface area (Å²) in [5, 5.41) is 0. The minimum Gasteiger partial charge on any atom is -0.439 e. The van der Waals surface area contributed by atoms with E-state index in [9.17, 15) is 0 Å². The Labute approximate surface area is 110 Å². The van der Waals surface area contributed by atoms with E-state index >= 15 is 0 Å². The molecule has 2 aromatic rings. The van der Waals surface area contributed by atoms with Gasteiger partial charge in [0.2, 0.25) is 5.88 Å². The Morgan fingerprint density at radius 1 is 1.12 bits per heavy atom. The summed E-state index contributed by atoms with van der Waals surface area (Å²) in [4.78, 5) is 8.29. The number of hydrogen-bond donors (Lipinski definition) is 0. The van der Waals surface area contributed by atoms with Gasteiger partial charge in [0.05, 0.1) is 0 Å². The molecule has 0 saturated heterocycles. The molecule has 0 radical (unpaired) electrons. The molecular weight excluding hydrogens is 336 g/mol. The molecular formula is C11H8Br2N2O. The van der Waals surface area contributed by atoms with Gasteiger partial charge in [-0.1, -0.05) is 22.0 Å². The molecule has 0 spiro atoms. The van der Waals surface area contributed by atoms with Crippen LogP contribution in [-0.4, -0.2) is 9.97 Å². The molecule has 0 aliphatic rings. The van der Waals surface area contributed by atoms with E-state index in [0.717, 1.165) is 10.2 Å². The SMILES string of the molecule is Cc1nc(Br)cc(Oc2cccc(Br)c2)n1. The number of aryl methyl sites for hydroxylation is 1. The zero-order valence-electron chi connectivity index (χ0n) is 8.45. The van der Waals surface area contributed by atoms with Crippen molar-refractivity contribution < 1.29 is 4.74 Å². The minimum absolute atomic E-state index is 0.525. The van der Waals surface area contributed by atoms with Crippen LogP contribution >= 0.6 is 31.9 Å².